The summed E-state index contributed by atoms with van der Waals surface area (Å²) in [5, 5.41) is 4.93. The zero-order chi connectivity index (χ0) is 14.7. The van der Waals surface area contributed by atoms with Crippen LogP contribution in [0, 0.1) is 0 Å². The van der Waals surface area contributed by atoms with Gasteiger partial charge in [0, 0.05) is 29.9 Å². The third-order valence-corrected chi connectivity index (χ3v) is 3.56. The maximum Gasteiger partial charge on any atom is 0.141 e. The molecule has 0 saturated heterocycles. The van der Waals surface area contributed by atoms with E-state index in [0.717, 1.165) is 28.3 Å². The standard InChI is InChI=1S/C15H20ClN3O/c1-4-11-7-13(5-6-14(11)16)20-15(10(2)17)12-8-18-19(3)9-12/h5-10,15H,4,17H2,1-3H3. The quantitative estimate of drug-likeness (QED) is 0.921. The molecule has 0 amide bonds. The zero-order valence-corrected chi connectivity index (χ0v) is 12.8. The fourth-order valence-corrected chi connectivity index (χ4v) is 2.36. The van der Waals surface area contributed by atoms with Crippen molar-refractivity contribution in [2.45, 2.75) is 32.4 Å². The number of rotatable bonds is 5. The molecule has 0 fully saturated rings. The molecule has 108 valence electrons. The van der Waals surface area contributed by atoms with Gasteiger partial charge in [0.25, 0.3) is 0 Å². The van der Waals surface area contributed by atoms with E-state index in [9.17, 15) is 0 Å². The lowest BCUT2D eigenvalue weighted by molar-refractivity contribution is 0.180. The van der Waals surface area contributed by atoms with Crippen LogP contribution < -0.4 is 10.5 Å². The Bertz CT molecular complexity index is 580. The van der Waals surface area contributed by atoms with E-state index < -0.39 is 0 Å². The van der Waals surface area contributed by atoms with Crippen molar-refractivity contribution >= 4 is 11.6 Å². The second-order valence-corrected chi connectivity index (χ2v) is 5.36. The number of hydrogen-bond donors (Lipinski definition) is 1. The van der Waals surface area contributed by atoms with Gasteiger partial charge in [-0.25, -0.2) is 0 Å². The number of nitrogens with two attached hydrogens (primary N) is 1. The molecular weight excluding hydrogens is 274 g/mol. The van der Waals surface area contributed by atoms with Gasteiger partial charge in [0.05, 0.1) is 6.20 Å². The predicted octanol–water partition coefficient (Wildman–Crippen LogP) is 3.10. The number of aromatic nitrogens is 2. The molecule has 5 heteroatoms. The number of halogens is 1. The molecule has 0 bridgehead atoms. The molecule has 0 aliphatic carbocycles. The van der Waals surface area contributed by atoms with Crippen molar-refractivity contribution in [1.29, 1.82) is 0 Å². The molecular formula is C15H20ClN3O. The van der Waals surface area contributed by atoms with Gasteiger partial charge in [0.1, 0.15) is 11.9 Å². The number of ether oxygens (including phenoxy) is 1. The predicted molar refractivity (Wildman–Crippen MR) is 81.1 cm³/mol. The van der Waals surface area contributed by atoms with Crippen LogP contribution in [0.4, 0.5) is 0 Å². The summed E-state index contributed by atoms with van der Waals surface area (Å²) in [6, 6.07) is 5.55. The molecule has 0 aliphatic rings. The monoisotopic (exact) mass is 293 g/mol. The van der Waals surface area contributed by atoms with E-state index in [1.54, 1.807) is 10.9 Å². The number of nitrogens with zero attached hydrogens (tertiary/aromatic N) is 2. The van der Waals surface area contributed by atoms with Crippen molar-refractivity contribution in [3.63, 3.8) is 0 Å². The summed E-state index contributed by atoms with van der Waals surface area (Å²) >= 11 is 6.12. The van der Waals surface area contributed by atoms with E-state index >= 15 is 0 Å². The maximum absolute atomic E-state index is 6.12. The van der Waals surface area contributed by atoms with Gasteiger partial charge in [0.15, 0.2) is 0 Å². The van der Waals surface area contributed by atoms with Crippen molar-refractivity contribution in [2.75, 3.05) is 0 Å². The summed E-state index contributed by atoms with van der Waals surface area (Å²) in [4.78, 5) is 0. The minimum absolute atomic E-state index is 0.139. The number of benzene rings is 1. The molecule has 4 nitrogen and oxygen atoms in total. The van der Waals surface area contributed by atoms with Crippen LogP contribution in [-0.2, 0) is 13.5 Å². The van der Waals surface area contributed by atoms with E-state index in [0.29, 0.717) is 0 Å². The molecule has 1 heterocycles. The fourth-order valence-electron chi connectivity index (χ4n) is 2.11. The normalized spacial score (nSPS) is 14.1. The van der Waals surface area contributed by atoms with Gasteiger partial charge in [-0.05, 0) is 37.1 Å². The molecule has 0 radical (unpaired) electrons. The maximum atomic E-state index is 6.12. The van der Waals surface area contributed by atoms with Gasteiger partial charge in [0.2, 0.25) is 0 Å². The zero-order valence-electron chi connectivity index (χ0n) is 12.0. The van der Waals surface area contributed by atoms with Crippen molar-refractivity contribution in [3.8, 4) is 5.75 Å². The Morgan fingerprint density at radius 2 is 2.20 bits per heavy atom. The molecule has 2 atom stereocenters. The van der Waals surface area contributed by atoms with Gasteiger partial charge in [-0.2, -0.15) is 5.10 Å². The van der Waals surface area contributed by atoms with Crippen LogP contribution in [-0.4, -0.2) is 15.8 Å². The summed E-state index contributed by atoms with van der Waals surface area (Å²) in [6.07, 6.45) is 4.34. The van der Waals surface area contributed by atoms with Crippen LogP contribution >= 0.6 is 11.6 Å². The largest absolute Gasteiger partial charge is 0.484 e. The van der Waals surface area contributed by atoms with Gasteiger partial charge in [-0.1, -0.05) is 18.5 Å². The van der Waals surface area contributed by atoms with Crippen LogP contribution in [0.15, 0.2) is 30.6 Å². The molecule has 0 spiro atoms. The molecule has 1 aromatic heterocycles. The summed E-state index contributed by atoms with van der Waals surface area (Å²) in [7, 11) is 1.87. The van der Waals surface area contributed by atoms with Crippen LogP contribution in [0.3, 0.4) is 0 Å². The highest BCUT2D eigenvalue weighted by Crippen LogP contribution is 2.27. The summed E-state index contributed by atoms with van der Waals surface area (Å²) in [6.45, 7) is 3.99. The van der Waals surface area contributed by atoms with Crippen molar-refractivity contribution in [2.24, 2.45) is 12.8 Å². The highest BCUT2D eigenvalue weighted by atomic mass is 35.5. The van der Waals surface area contributed by atoms with E-state index in [2.05, 4.69) is 12.0 Å². The van der Waals surface area contributed by atoms with Crippen LogP contribution in [0.25, 0.3) is 0 Å². The first-order chi connectivity index (χ1) is 9.51. The van der Waals surface area contributed by atoms with Gasteiger partial charge >= 0.3 is 0 Å². The lowest BCUT2D eigenvalue weighted by atomic mass is 10.1. The number of hydrogen-bond acceptors (Lipinski definition) is 3. The SMILES string of the molecule is CCc1cc(OC(c2cnn(C)c2)C(C)N)ccc1Cl. The average molecular weight is 294 g/mol. The molecule has 2 aromatic rings. The van der Waals surface area contributed by atoms with Crippen molar-refractivity contribution in [3.05, 3.63) is 46.7 Å². The lowest BCUT2D eigenvalue weighted by Gasteiger charge is -2.22. The van der Waals surface area contributed by atoms with Gasteiger partial charge in [-0.15, -0.1) is 0 Å². The second-order valence-electron chi connectivity index (χ2n) is 4.95. The molecule has 2 N–H and O–H groups in total. The van der Waals surface area contributed by atoms with Crippen LogP contribution in [0.2, 0.25) is 5.02 Å². The minimum Gasteiger partial charge on any atom is -0.484 e. The Kier molecular flexibility index (Phi) is 4.68. The van der Waals surface area contributed by atoms with Crippen LogP contribution in [0.1, 0.15) is 31.1 Å². The van der Waals surface area contributed by atoms with Crippen molar-refractivity contribution < 1.29 is 4.74 Å². The number of aryl methyl sites for hydroxylation is 2. The van der Waals surface area contributed by atoms with Crippen molar-refractivity contribution in [1.82, 2.24) is 9.78 Å². The second kappa shape index (κ2) is 6.29. The fraction of sp³-hybridized carbons (Fsp3) is 0.400. The first kappa shape index (κ1) is 14.9. The average Bonchev–Trinajstić information content (AvgIpc) is 2.83. The summed E-state index contributed by atoms with van der Waals surface area (Å²) < 4.78 is 7.78. The summed E-state index contributed by atoms with van der Waals surface area (Å²) in [5.74, 6) is 0.775. The summed E-state index contributed by atoms with van der Waals surface area (Å²) in [5.41, 5.74) is 8.07. The molecule has 0 aliphatic heterocycles. The van der Waals surface area contributed by atoms with E-state index in [1.807, 2.05) is 38.4 Å². The highest BCUT2D eigenvalue weighted by Gasteiger charge is 2.20. The van der Waals surface area contributed by atoms with E-state index in [-0.39, 0.29) is 12.1 Å². The van der Waals surface area contributed by atoms with E-state index in [4.69, 9.17) is 22.1 Å². The molecule has 20 heavy (non-hydrogen) atoms. The Labute approximate surface area is 124 Å². The molecule has 0 saturated carbocycles. The third-order valence-electron chi connectivity index (χ3n) is 3.19. The van der Waals surface area contributed by atoms with Crippen LogP contribution in [0.5, 0.6) is 5.75 Å². The smallest absolute Gasteiger partial charge is 0.141 e. The first-order valence-electron chi connectivity index (χ1n) is 6.70. The Morgan fingerprint density at radius 1 is 1.45 bits per heavy atom. The molecule has 2 unspecified atom stereocenters. The van der Waals surface area contributed by atoms with Gasteiger partial charge < -0.3 is 10.5 Å². The lowest BCUT2D eigenvalue weighted by Crippen LogP contribution is -2.28. The minimum atomic E-state index is -0.227. The third kappa shape index (κ3) is 3.32. The van der Waals surface area contributed by atoms with E-state index in [1.165, 1.54) is 0 Å². The Balaban J connectivity index is 2.24. The molecule has 2 rings (SSSR count). The van der Waals surface area contributed by atoms with Gasteiger partial charge in [-0.3, -0.25) is 4.68 Å². The topological polar surface area (TPSA) is 53.1 Å². The first-order valence-corrected chi connectivity index (χ1v) is 7.08. The highest BCUT2D eigenvalue weighted by molar-refractivity contribution is 6.31. The Morgan fingerprint density at radius 3 is 2.75 bits per heavy atom. The Hall–Kier alpha value is -1.52. The molecule has 1 aromatic carbocycles.